The van der Waals surface area contributed by atoms with Gasteiger partial charge in [0.2, 0.25) is 0 Å². The lowest BCUT2D eigenvalue weighted by molar-refractivity contribution is 0.0634. The van der Waals surface area contributed by atoms with Crippen molar-refractivity contribution in [2.75, 3.05) is 13.2 Å². The standard InChI is InChI=1S/C24H26O/c1-7-19-9-13-21(14-10-19)23(3,4)17-25-18-24(5,6)22-15-11-20(8-2)12-16-22/h1-2,9-16H,17-18H2,3-6H3. The molecular weight excluding hydrogens is 304 g/mol. The molecule has 0 saturated carbocycles. The Kier molecular flexibility index (Phi) is 5.73. The van der Waals surface area contributed by atoms with Gasteiger partial charge in [0.25, 0.3) is 0 Å². The van der Waals surface area contributed by atoms with Gasteiger partial charge in [0.1, 0.15) is 0 Å². The second-order valence-corrected chi connectivity index (χ2v) is 7.70. The van der Waals surface area contributed by atoms with E-state index in [-0.39, 0.29) is 10.8 Å². The molecule has 0 saturated heterocycles. The third-order valence-corrected chi connectivity index (χ3v) is 4.59. The minimum atomic E-state index is -0.0729. The van der Waals surface area contributed by atoms with Gasteiger partial charge >= 0.3 is 0 Å². The van der Waals surface area contributed by atoms with Crippen molar-refractivity contribution < 1.29 is 4.74 Å². The molecule has 2 aromatic carbocycles. The molecule has 0 amide bonds. The van der Waals surface area contributed by atoms with Crippen molar-refractivity contribution in [3.63, 3.8) is 0 Å². The van der Waals surface area contributed by atoms with Gasteiger partial charge in [-0.25, -0.2) is 0 Å². The van der Waals surface area contributed by atoms with E-state index < -0.39 is 0 Å². The molecule has 0 heterocycles. The largest absolute Gasteiger partial charge is 0.380 e. The molecule has 0 unspecified atom stereocenters. The van der Waals surface area contributed by atoms with E-state index in [0.29, 0.717) is 13.2 Å². The average Bonchev–Trinajstić information content (AvgIpc) is 2.61. The molecular formula is C24H26O. The van der Waals surface area contributed by atoms with Crippen molar-refractivity contribution in [2.24, 2.45) is 0 Å². The van der Waals surface area contributed by atoms with E-state index in [2.05, 4.69) is 63.8 Å². The molecule has 0 bridgehead atoms. The van der Waals surface area contributed by atoms with Crippen molar-refractivity contribution in [1.82, 2.24) is 0 Å². The molecule has 0 aromatic heterocycles. The number of terminal acetylenes is 2. The number of benzene rings is 2. The minimum absolute atomic E-state index is 0.0729. The Labute approximate surface area is 152 Å². The SMILES string of the molecule is C#Cc1ccc(C(C)(C)COCC(C)(C)c2ccc(C#C)cc2)cc1. The van der Waals surface area contributed by atoms with Crippen LogP contribution in [0.15, 0.2) is 48.5 Å². The summed E-state index contributed by atoms with van der Waals surface area (Å²) in [5.74, 6) is 5.30. The molecule has 1 nitrogen and oxygen atoms in total. The third kappa shape index (κ3) is 4.76. The summed E-state index contributed by atoms with van der Waals surface area (Å²) >= 11 is 0. The van der Waals surface area contributed by atoms with Crippen LogP contribution in [0.25, 0.3) is 0 Å². The molecule has 0 N–H and O–H groups in total. The predicted molar refractivity (Wildman–Crippen MR) is 106 cm³/mol. The first-order valence-corrected chi connectivity index (χ1v) is 8.50. The highest BCUT2D eigenvalue weighted by Gasteiger charge is 2.25. The van der Waals surface area contributed by atoms with Gasteiger partial charge in [-0.3, -0.25) is 0 Å². The Morgan fingerprint density at radius 1 is 0.680 bits per heavy atom. The fourth-order valence-corrected chi connectivity index (χ4v) is 2.76. The van der Waals surface area contributed by atoms with Gasteiger partial charge in [-0.1, -0.05) is 63.8 Å². The maximum Gasteiger partial charge on any atom is 0.0558 e. The maximum absolute atomic E-state index is 6.10. The Morgan fingerprint density at radius 3 is 1.28 bits per heavy atom. The zero-order chi connectivity index (χ0) is 18.5. The van der Waals surface area contributed by atoms with Gasteiger partial charge in [0.15, 0.2) is 0 Å². The van der Waals surface area contributed by atoms with E-state index in [1.807, 2.05) is 24.3 Å². The molecule has 0 aliphatic rings. The lowest BCUT2D eigenvalue weighted by atomic mass is 9.84. The maximum atomic E-state index is 6.10. The summed E-state index contributed by atoms with van der Waals surface area (Å²) in [6, 6.07) is 16.3. The topological polar surface area (TPSA) is 9.23 Å². The van der Waals surface area contributed by atoms with E-state index in [1.54, 1.807) is 0 Å². The zero-order valence-corrected chi connectivity index (χ0v) is 15.6. The van der Waals surface area contributed by atoms with E-state index in [0.717, 1.165) is 11.1 Å². The average molecular weight is 330 g/mol. The second kappa shape index (κ2) is 7.60. The normalized spacial score (nSPS) is 11.6. The highest BCUT2D eigenvalue weighted by molar-refractivity contribution is 5.37. The molecule has 2 rings (SSSR count). The lowest BCUT2D eigenvalue weighted by Gasteiger charge is -2.30. The predicted octanol–water partition coefficient (Wildman–Crippen LogP) is 4.92. The first-order chi connectivity index (χ1) is 11.8. The molecule has 0 aliphatic carbocycles. The van der Waals surface area contributed by atoms with Crippen molar-refractivity contribution in [3.8, 4) is 24.7 Å². The molecule has 0 fully saturated rings. The molecule has 25 heavy (non-hydrogen) atoms. The van der Waals surface area contributed by atoms with Gasteiger partial charge in [0, 0.05) is 22.0 Å². The van der Waals surface area contributed by atoms with Crippen LogP contribution in [0, 0.1) is 24.7 Å². The van der Waals surface area contributed by atoms with Crippen molar-refractivity contribution in [2.45, 2.75) is 38.5 Å². The summed E-state index contributed by atoms with van der Waals surface area (Å²) in [7, 11) is 0. The van der Waals surface area contributed by atoms with Crippen molar-refractivity contribution in [1.29, 1.82) is 0 Å². The molecule has 0 radical (unpaired) electrons. The molecule has 0 aliphatic heterocycles. The molecule has 1 heteroatoms. The van der Waals surface area contributed by atoms with Crippen molar-refractivity contribution in [3.05, 3.63) is 70.8 Å². The van der Waals surface area contributed by atoms with Gasteiger partial charge < -0.3 is 4.74 Å². The lowest BCUT2D eigenvalue weighted by Crippen LogP contribution is -2.30. The van der Waals surface area contributed by atoms with Crippen LogP contribution < -0.4 is 0 Å². The smallest absolute Gasteiger partial charge is 0.0558 e. The van der Waals surface area contributed by atoms with Crippen LogP contribution in [-0.4, -0.2) is 13.2 Å². The fraction of sp³-hybridized carbons (Fsp3) is 0.333. The summed E-state index contributed by atoms with van der Waals surface area (Å²) in [6.07, 6.45) is 10.8. The molecule has 2 aromatic rings. The van der Waals surface area contributed by atoms with Crippen LogP contribution in [0.4, 0.5) is 0 Å². The third-order valence-electron chi connectivity index (χ3n) is 4.59. The molecule has 0 spiro atoms. The van der Waals surface area contributed by atoms with Crippen LogP contribution in [0.5, 0.6) is 0 Å². The molecule has 128 valence electrons. The van der Waals surface area contributed by atoms with Crippen LogP contribution >= 0.6 is 0 Å². The first-order valence-electron chi connectivity index (χ1n) is 8.50. The van der Waals surface area contributed by atoms with Gasteiger partial charge in [-0.05, 0) is 35.4 Å². The van der Waals surface area contributed by atoms with Gasteiger partial charge in [0.05, 0.1) is 13.2 Å². The van der Waals surface area contributed by atoms with Gasteiger partial charge in [-0.15, -0.1) is 12.8 Å². The summed E-state index contributed by atoms with van der Waals surface area (Å²) < 4.78 is 6.10. The fourth-order valence-electron chi connectivity index (χ4n) is 2.76. The van der Waals surface area contributed by atoms with E-state index in [9.17, 15) is 0 Å². The van der Waals surface area contributed by atoms with Crippen molar-refractivity contribution >= 4 is 0 Å². The summed E-state index contributed by atoms with van der Waals surface area (Å²) in [6.45, 7) is 10.0. The van der Waals surface area contributed by atoms with E-state index in [1.165, 1.54) is 11.1 Å². The number of ether oxygens (including phenoxy) is 1. The highest BCUT2D eigenvalue weighted by atomic mass is 16.5. The Morgan fingerprint density at radius 2 is 1.00 bits per heavy atom. The molecule has 0 atom stereocenters. The second-order valence-electron chi connectivity index (χ2n) is 7.70. The van der Waals surface area contributed by atoms with Crippen LogP contribution in [-0.2, 0) is 15.6 Å². The Bertz CT molecular complexity index is 708. The van der Waals surface area contributed by atoms with Crippen LogP contribution in [0.1, 0.15) is 49.9 Å². The number of rotatable bonds is 6. The zero-order valence-electron chi connectivity index (χ0n) is 15.6. The van der Waals surface area contributed by atoms with Crippen LogP contribution in [0.3, 0.4) is 0 Å². The number of hydrogen-bond acceptors (Lipinski definition) is 1. The van der Waals surface area contributed by atoms with Gasteiger partial charge in [-0.2, -0.15) is 0 Å². The Hall–Kier alpha value is -2.48. The number of hydrogen-bond donors (Lipinski definition) is 0. The summed E-state index contributed by atoms with van der Waals surface area (Å²) in [5, 5.41) is 0. The first kappa shape index (κ1) is 18.9. The Balaban J connectivity index is 1.99. The summed E-state index contributed by atoms with van der Waals surface area (Å²) in [5.41, 5.74) is 4.10. The quantitative estimate of drug-likeness (QED) is 0.683. The van der Waals surface area contributed by atoms with E-state index in [4.69, 9.17) is 17.6 Å². The van der Waals surface area contributed by atoms with E-state index >= 15 is 0 Å². The van der Waals surface area contributed by atoms with Crippen LogP contribution in [0.2, 0.25) is 0 Å². The summed E-state index contributed by atoms with van der Waals surface area (Å²) in [4.78, 5) is 0. The monoisotopic (exact) mass is 330 g/mol. The highest BCUT2D eigenvalue weighted by Crippen LogP contribution is 2.27. The minimum Gasteiger partial charge on any atom is -0.380 e.